The van der Waals surface area contributed by atoms with E-state index in [4.69, 9.17) is 24.2 Å². The van der Waals surface area contributed by atoms with Gasteiger partial charge in [0.2, 0.25) is 5.71 Å². The quantitative estimate of drug-likeness (QED) is 0.310. The lowest BCUT2D eigenvalue weighted by atomic mass is 10.2. The molecule has 12 heteroatoms. The second-order valence-corrected chi connectivity index (χ2v) is 6.11. The number of aromatic nitrogens is 2. The topological polar surface area (TPSA) is 159 Å². The molecule has 28 heavy (non-hydrogen) atoms. The Morgan fingerprint density at radius 3 is 2.89 bits per heavy atom. The van der Waals surface area contributed by atoms with Gasteiger partial charge in [-0.1, -0.05) is 5.11 Å². The van der Waals surface area contributed by atoms with Crippen molar-refractivity contribution in [2.45, 2.75) is 45.2 Å². The summed E-state index contributed by atoms with van der Waals surface area (Å²) < 4.78 is 22.6. The maximum atomic E-state index is 12.4. The fourth-order valence-electron chi connectivity index (χ4n) is 2.92. The molecule has 2 aromatic rings. The molecule has 0 aliphatic carbocycles. The Balaban J connectivity index is 1.86. The molecule has 1 fully saturated rings. The Morgan fingerprint density at radius 2 is 2.21 bits per heavy atom. The average molecular weight is 391 g/mol. The number of hydrogen-bond acceptors (Lipinski definition) is 9. The summed E-state index contributed by atoms with van der Waals surface area (Å²) >= 11 is 0. The summed E-state index contributed by atoms with van der Waals surface area (Å²) in [5, 5.41) is 3.91. The van der Waals surface area contributed by atoms with Crippen LogP contribution in [0.4, 0.5) is 0 Å². The Kier molecular flexibility index (Phi) is 5.62. The van der Waals surface area contributed by atoms with Crippen LogP contribution < -0.4 is 5.69 Å². The van der Waals surface area contributed by atoms with E-state index < -0.39 is 36.1 Å². The Bertz CT molecular complexity index is 1010. The van der Waals surface area contributed by atoms with Crippen LogP contribution in [0.5, 0.6) is 0 Å². The van der Waals surface area contributed by atoms with Gasteiger partial charge in [0.1, 0.15) is 30.8 Å². The third-order valence-corrected chi connectivity index (χ3v) is 4.04. The van der Waals surface area contributed by atoms with Crippen LogP contribution in [-0.2, 0) is 30.3 Å². The molecule has 3 heterocycles. The first kappa shape index (κ1) is 19.4. The molecule has 0 radical (unpaired) electrons. The molecule has 0 bridgehead atoms. The minimum Gasteiger partial charge on any atom is -0.463 e. The first-order chi connectivity index (χ1) is 13.4. The number of hydrogen-bond donors (Lipinski definition) is 0. The van der Waals surface area contributed by atoms with E-state index in [1.807, 2.05) is 0 Å². The molecule has 0 unspecified atom stereocenters. The molecule has 148 valence electrons. The molecule has 0 saturated carbocycles. The number of azide groups is 1. The van der Waals surface area contributed by atoms with Gasteiger partial charge in [-0.15, -0.1) is 0 Å². The number of carbonyl (C=O) groups is 2. The highest BCUT2D eigenvalue weighted by Gasteiger charge is 2.39. The zero-order chi connectivity index (χ0) is 20.3. The van der Waals surface area contributed by atoms with Crippen molar-refractivity contribution < 1.29 is 28.2 Å². The maximum Gasteiger partial charge on any atom is 0.353 e. The predicted molar refractivity (Wildman–Crippen MR) is 91.8 cm³/mol. The van der Waals surface area contributed by atoms with Crippen LogP contribution in [0.2, 0.25) is 0 Å². The number of furan rings is 1. The summed E-state index contributed by atoms with van der Waals surface area (Å²) in [5.74, 6) is -0.657. The number of nitrogens with zero attached hydrogens (tertiary/aromatic N) is 5. The van der Waals surface area contributed by atoms with Crippen molar-refractivity contribution in [3.8, 4) is 0 Å². The number of carbonyl (C=O) groups excluding carboxylic acids is 2. The molecule has 1 saturated heterocycles. The zero-order valence-electron chi connectivity index (χ0n) is 15.1. The van der Waals surface area contributed by atoms with E-state index in [9.17, 15) is 14.4 Å². The van der Waals surface area contributed by atoms with E-state index in [2.05, 4.69) is 15.0 Å². The third-order valence-electron chi connectivity index (χ3n) is 4.04. The minimum atomic E-state index is -0.773. The standard InChI is InChI=1S/C16H17N5O7/c1-8(22)25-7-13-12(26-9(2)23)4-14(28-13)21-6-10-3-11(5-18-20-17)27-15(10)19-16(21)24/h3,6,12-14H,4-5,7H2,1-2H3/t12-,13+,14+/m0/s1. The van der Waals surface area contributed by atoms with Crippen molar-refractivity contribution in [2.24, 2.45) is 5.11 Å². The van der Waals surface area contributed by atoms with Gasteiger partial charge >= 0.3 is 17.6 Å². The molecule has 0 spiro atoms. The van der Waals surface area contributed by atoms with Crippen LogP contribution >= 0.6 is 0 Å². The van der Waals surface area contributed by atoms with Gasteiger partial charge in [0, 0.05) is 31.4 Å². The number of fused-ring (bicyclic) bond motifs is 1. The summed E-state index contributed by atoms with van der Waals surface area (Å²) in [4.78, 5) is 41.3. The van der Waals surface area contributed by atoms with Crippen molar-refractivity contribution >= 4 is 23.0 Å². The predicted octanol–water partition coefficient (Wildman–Crippen LogP) is 1.58. The molecule has 0 amide bonds. The number of rotatable bonds is 6. The van der Waals surface area contributed by atoms with Crippen LogP contribution in [0.15, 0.2) is 26.6 Å². The van der Waals surface area contributed by atoms with Gasteiger partial charge in [0.05, 0.1) is 11.9 Å². The van der Waals surface area contributed by atoms with Crippen LogP contribution in [0.1, 0.15) is 32.3 Å². The maximum absolute atomic E-state index is 12.4. The van der Waals surface area contributed by atoms with Gasteiger partial charge in [-0.05, 0) is 11.6 Å². The van der Waals surface area contributed by atoms with Crippen molar-refractivity contribution in [1.29, 1.82) is 0 Å². The van der Waals surface area contributed by atoms with Gasteiger partial charge < -0.3 is 18.6 Å². The fraction of sp³-hybridized carbons (Fsp3) is 0.500. The summed E-state index contributed by atoms with van der Waals surface area (Å²) in [6.45, 7) is 2.38. The fourth-order valence-corrected chi connectivity index (χ4v) is 2.92. The minimum absolute atomic E-state index is 0.0139. The lowest BCUT2D eigenvalue weighted by Gasteiger charge is -2.17. The lowest BCUT2D eigenvalue weighted by Crippen LogP contribution is -2.31. The van der Waals surface area contributed by atoms with Gasteiger partial charge in [-0.2, -0.15) is 4.98 Å². The Hall–Kier alpha value is -3.37. The largest absolute Gasteiger partial charge is 0.463 e. The second kappa shape index (κ2) is 8.11. The molecular weight excluding hydrogens is 374 g/mol. The molecule has 3 rings (SSSR count). The molecule has 1 aliphatic heterocycles. The zero-order valence-corrected chi connectivity index (χ0v) is 15.1. The monoisotopic (exact) mass is 391 g/mol. The summed E-state index contributed by atoms with van der Waals surface area (Å²) in [6, 6.07) is 1.60. The van der Waals surface area contributed by atoms with E-state index in [0.717, 1.165) is 0 Å². The van der Waals surface area contributed by atoms with Crippen molar-refractivity contribution in [1.82, 2.24) is 9.55 Å². The normalized spacial score (nSPS) is 21.3. The number of esters is 2. The number of ether oxygens (including phenoxy) is 3. The van der Waals surface area contributed by atoms with E-state index in [1.165, 1.54) is 24.6 Å². The molecular formula is C16H17N5O7. The van der Waals surface area contributed by atoms with Crippen LogP contribution in [0.25, 0.3) is 21.5 Å². The third kappa shape index (κ3) is 4.30. The van der Waals surface area contributed by atoms with Crippen molar-refractivity contribution in [3.63, 3.8) is 0 Å². The van der Waals surface area contributed by atoms with Gasteiger partial charge in [-0.3, -0.25) is 14.2 Å². The molecule has 2 aromatic heterocycles. The highest BCUT2D eigenvalue weighted by atomic mass is 16.6. The van der Waals surface area contributed by atoms with Crippen LogP contribution in [-0.4, -0.2) is 40.3 Å². The highest BCUT2D eigenvalue weighted by molar-refractivity contribution is 5.72. The second-order valence-electron chi connectivity index (χ2n) is 6.11. The first-order valence-corrected chi connectivity index (χ1v) is 8.36. The summed E-state index contributed by atoms with van der Waals surface area (Å²) in [5.41, 5.74) is 7.87. The van der Waals surface area contributed by atoms with E-state index >= 15 is 0 Å². The molecule has 0 aromatic carbocycles. The van der Waals surface area contributed by atoms with E-state index in [0.29, 0.717) is 11.1 Å². The molecule has 12 nitrogen and oxygen atoms in total. The molecule has 1 aliphatic rings. The van der Waals surface area contributed by atoms with Gasteiger partial charge in [0.25, 0.3) is 0 Å². The smallest absolute Gasteiger partial charge is 0.353 e. The first-order valence-electron chi connectivity index (χ1n) is 8.36. The SMILES string of the molecule is CC(=O)OC[C@H]1O[C@@H](n2cc3cc(CN=[N+]=[N-])oc3nc2=O)C[C@@H]1OC(C)=O. The highest BCUT2D eigenvalue weighted by Crippen LogP contribution is 2.31. The lowest BCUT2D eigenvalue weighted by molar-refractivity contribution is -0.155. The summed E-state index contributed by atoms with van der Waals surface area (Å²) in [6.07, 6.45) is -0.496. The van der Waals surface area contributed by atoms with Crippen molar-refractivity contribution in [3.05, 3.63) is 39.0 Å². The molecule has 0 N–H and O–H groups in total. The van der Waals surface area contributed by atoms with Crippen LogP contribution in [0, 0.1) is 0 Å². The van der Waals surface area contributed by atoms with Gasteiger partial charge in [0.15, 0.2) is 0 Å². The van der Waals surface area contributed by atoms with E-state index in [-0.39, 0.29) is 25.3 Å². The van der Waals surface area contributed by atoms with Crippen molar-refractivity contribution in [2.75, 3.05) is 6.61 Å². The average Bonchev–Trinajstić information content (AvgIpc) is 3.20. The van der Waals surface area contributed by atoms with Crippen LogP contribution in [0.3, 0.4) is 0 Å². The Labute approximate surface area is 157 Å². The van der Waals surface area contributed by atoms with E-state index in [1.54, 1.807) is 6.07 Å². The molecule has 3 atom stereocenters. The Morgan fingerprint density at radius 1 is 1.43 bits per heavy atom. The van der Waals surface area contributed by atoms with Gasteiger partial charge in [-0.25, -0.2) is 4.79 Å². The summed E-state index contributed by atoms with van der Waals surface area (Å²) in [7, 11) is 0.